The van der Waals surface area contributed by atoms with Gasteiger partial charge in [-0.3, -0.25) is 0 Å². The number of carbonyl (C=O) groups excluding carboxylic acids is 1. The number of ether oxygens (including phenoxy) is 1. The monoisotopic (exact) mass is 446 g/mol. The Morgan fingerprint density at radius 1 is 1.06 bits per heavy atom. The maximum absolute atomic E-state index is 12.5. The smallest absolute Gasteiger partial charge is 0.345 e. The number of aliphatic imine (C=N–C) groups is 2. The summed E-state index contributed by atoms with van der Waals surface area (Å²) in [6.45, 7) is 7.60. The van der Waals surface area contributed by atoms with Gasteiger partial charge in [-0.25, -0.2) is 14.8 Å². The van der Waals surface area contributed by atoms with Gasteiger partial charge in [0, 0.05) is 10.9 Å². The van der Waals surface area contributed by atoms with Crippen molar-refractivity contribution >= 4 is 40.4 Å². The van der Waals surface area contributed by atoms with E-state index in [0.29, 0.717) is 5.56 Å². The third kappa shape index (κ3) is 5.32. The predicted molar refractivity (Wildman–Crippen MR) is 129 cm³/mol. The average molecular weight is 447 g/mol. The van der Waals surface area contributed by atoms with Crippen LogP contribution < -0.4 is 11.5 Å². The van der Waals surface area contributed by atoms with Gasteiger partial charge in [-0.1, -0.05) is 30.3 Å². The molecule has 3 aromatic rings. The number of guanidine groups is 1. The summed E-state index contributed by atoms with van der Waals surface area (Å²) in [7, 11) is 0. The van der Waals surface area contributed by atoms with Crippen LogP contribution in [0.15, 0.2) is 58.0 Å². The fraction of sp³-hybridized carbons (Fsp3) is 0.208. The molecule has 3 rings (SSSR count). The molecule has 0 saturated carbocycles. The molecule has 0 saturated heterocycles. The molecule has 9 nitrogen and oxygen atoms in total. The molecule has 0 fully saturated rings. The number of aryl methyl sites for hydroxylation is 3. The molecule has 0 aliphatic rings. The zero-order valence-corrected chi connectivity index (χ0v) is 19.0. The van der Waals surface area contributed by atoms with E-state index in [4.69, 9.17) is 16.2 Å². The number of carbonyl (C=O) groups is 1. The van der Waals surface area contributed by atoms with Crippen LogP contribution in [0.2, 0.25) is 0 Å². The van der Waals surface area contributed by atoms with Gasteiger partial charge in [-0.15, -0.1) is 0 Å². The van der Waals surface area contributed by atoms with E-state index in [2.05, 4.69) is 20.0 Å². The zero-order valence-electron chi connectivity index (χ0n) is 19.0. The molecular formula is C24H26N6O3. The molecule has 0 bridgehead atoms. The number of hydrogen-bond donors (Lipinski definition) is 3. The summed E-state index contributed by atoms with van der Waals surface area (Å²) in [5.41, 5.74) is 15.7. The van der Waals surface area contributed by atoms with Crippen LogP contribution in [-0.2, 0) is 9.53 Å². The second kappa shape index (κ2) is 9.90. The Kier molecular flexibility index (Phi) is 7.02. The Hall–Kier alpha value is -4.27. The van der Waals surface area contributed by atoms with E-state index in [0.717, 1.165) is 27.7 Å². The van der Waals surface area contributed by atoms with E-state index < -0.39 is 5.97 Å². The molecule has 1 heterocycles. The fourth-order valence-corrected chi connectivity index (χ4v) is 3.15. The Morgan fingerprint density at radius 2 is 1.73 bits per heavy atom. The zero-order chi connectivity index (χ0) is 24.1. The number of rotatable bonds is 5. The van der Waals surface area contributed by atoms with Crippen molar-refractivity contribution in [2.75, 3.05) is 6.61 Å². The highest BCUT2D eigenvalue weighted by molar-refractivity contribution is 6.24. The first-order valence-electron chi connectivity index (χ1n) is 10.3. The second-order valence-electron chi connectivity index (χ2n) is 7.34. The first kappa shape index (κ1) is 23.4. The van der Waals surface area contributed by atoms with E-state index in [1.54, 1.807) is 37.3 Å². The van der Waals surface area contributed by atoms with Crippen LogP contribution in [0.5, 0.6) is 0 Å². The van der Waals surface area contributed by atoms with Gasteiger partial charge < -0.3 is 21.3 Å². The number of nitrogens with zero attached hydrogens (tertiary/aromatic N) is 4. The highest BCUT2D eigenvalue weighted by Gasteiger charge is 2.22. The minimum absolute atomic E-state index is 0.0877. The number of esters is 1. The summed E-state index contributed by atoms with van der Waals surface area (Å²) in [5, 5.41) is 11.6. The molecule has 170 valence electrons. The maximum Gasteiger partial charge on any atom is 0.345 e. The molecule has 5 N–H and O–H groups in total. The molecule has 9 heteroatoms. The van der Waals surface area contributed by atoms with E-state index in [9.17, 15) is 9.90 Å². The Bertz CT molecular complexity index is 1300. The van der Waals surface area contributed by atoms with Crippen LogP contribution in [0.25, 0.3) is 16.7 Å². The van der Waals surface area contributed by atoms with Crippen molar-refractivity contribution < 1.29 is 14.6 Å². The Balaban J connectivity index is 2.04. The minimum Gasteiger partial charge on any atom is -0.506 e. The highest BCUT2D eigenvalue weighted by atomic mass is 16.5. The number of hydrogen-bond acceptors (Lipinski definition) is 6. The molecule has 0 aliphatic carbocycles. The number of nitrogens with two attached hydrogens (primary N) is 2. The van der Waals surface area contributed by atoms with Gasteiger partial charge in [0.05, 0.1) is 17.8 Å². The van der Waals surface area contributed by atoms with E-state index in [-0.39, 0.29) is 35.7 Å². The van der Waals surface area contributed by atoms with Crippen LogP contribution in [0, 0.1) is 20.8 Å². The minimum atomic E-state index is -0.837. The molecule has 0 atom stereocenters. The lowest BCUT2D eigenvalue weighted by Crippen LogP contribution is -2.27. The van der Waals surface area contributed by atoms with Crippen molar-refractivity contribution in [2.24, 2.45) is 21.5 Å². The number of aliphatic hydroxyl groups is 1. The fourth-order valence-electron chi connectivity index (χ4n) is 3.15. The van der Waals surface area contributed by atoms with Gasteiger partial charge in [0.1, 0.15) is 17.2 Å². The third-order valence-corrected chi connectivity index (χ3v) is 4.96. The predicted octanol–water partition coefficient (Wildman–Crippen LogP) is 3.39. The van der Waals surface area contributed by atoms with Gasteiger partial charge in [0.25, 0.3) is 5.95 Å². The largest absolute Gasteiger partial charge is 0.506 e. The lowest BCUT2D eigenvalue weighted by molar-refractivity contribution is -0.137. The van der Waals surface area contributed by atoms with Crippen molar-refractivity contribution in [1.82, 2.24) is 9.97 Å². The van der Waals surface area contributed by atoms with Crippen molar-refractivity contribution in [1.29, 1.82) is 0 Å². The van der Waals surface area contributed by atoms with E-state index >= 15 is 0 Å². The normalized spacial score (nSPS) is 13.1. The quantitative estimate of drug-likeness (QED) is 0.179. The van der Waals surface area contributed by atoms with Gasteiger partial charge >= 0.3 is 5.97 Å². The van der Waals surface area contributed by atoms with Gasteiger partial charge in [-0.2, -0.15) is 9.98 Å². The van der Waals surface area contributed by atoms with Gasteiger partial charge in [-0.05, 0) is 51.0 Å². The molecule has 0 amide bonds. The molecule has 0 aliphatic heterocycles. The highest BCUT2D eigenvalue weighted by Crippen LogP contribution is 2.22. The van der Waals surface area contributed by atoms with E-state index in [1.165, 1.54) is 0 Å². The maximum atomic E-state index is 12.5. The third-order valence-electron chi connectivity index (χ3n) is 4.96. The topological polar surface area (TPSA) is 149 Å². The number of benzene rings is 2. The summed E-state index contributed by atoms with van der Waals surface area (Å²) in [6.07, 6.45) is 0. The van der Waals surface area contributed by atoms with Crippen molar-refractivity contribution in [3.8, 4) is 0 Å². The van der Waals surface area contributed by atoms with E-state index in [1.807, 2.05) is 32.9 Å². The van der Waals surface area contributed by atoms with Crippen LogP contribution in [0.4, 0.5) is 5.95 Å². The molecule has 2 aromatic carbocycles. The first-order chi connectivity index (χ1) is 15.7. The molecular weight excluding hydrogens is 420 g/mol. The van der Waals surface area contributed by atoms with Crippen molar-refractivity contribution in [2.45, 2.75) is 27.7 Å². The molecule has 1 aromatic heterocycles. The Morgan fingerprint density at radius 3 is 2.39 bits per heavy atom. The summed E-state index contributed by atoms with van der Waals surface area (Å²) >= 11 is 0. The van der Waals surface area contributed by atoms with Crippen LogP contribution in [-0.4, -0.2) is 39.4 Å². The van der Waals surface area contributed by atoms with Crippen LogP contribution in [0.3, 0.4) is 0 Å². The van der Waals surface area contributed by atoms with Crippen LogP contribution >= 0.6 is 0 Å². The number of aromatic nitrogens is 2. The molecule has 33 heavy (non-hydrogen) atoms. The lowest BCUT2D eigenvalue weighted by atomic mass is 10.1. The average Bonchev–Trinajstić information content (AvgIpc) is 2.76. The summed E-state index contributed by atoms with van der Waals surface area (Å²) in [5.74, 6) is -1.74. The van der Waals surface area contributed by atoms with Gasteiger partial charge in [0.15, 0.2) is 0 Å². The second-order valence-corrected chi connectivity index (χ2v) is 7.34. The molecule has 0 radical (unpaired) electrons. The SMILES string of the molecule is CCOC(=O)C(C(N)=NC(N)=Nc1nc(C)c2cc(C)c(C)cc2n1)=C(O)c1ccccc1. The molecule has 0 spiro atoms. The standard InChI is InChI=1S/C24H26N6O3/c1-5-33-22(32)19(20(31)16-9-7-6-8-10-16)21(25)29-23(26)30-24-27-15(4)17-11-13(2)14(3)12-18(17)28-24/h6-12,31H,5H2,1-4H3,(H4,25,26,27,28,29,30). The van der Waals surface area contributed by atoms with Crippen molar-refractivity contribution in [3.63, 3.8) is 0 Å². The number of aliphatic hydroxyl groups excluding tert-OH is 1. The first-order valence-corrected chi connectivity index (χ1v) is 10.3. The van der Waals surface area contributed by atoms with Gasteiger partial charge in [0.2, 0.25) is 5.96 Å². The number of fused-ring (bicyclic) bond motifs is 1. The van der Waals surface area contributed by atoms with Crippen LogP contribution in [0.1, 0.15) is 29.3 Å². The summed E-state index contributed by atoms with van der Waals surface area (Å²) in [4.78, 5) is 29.4. The van der Waals surface area contributed by atoms with Crippen molar-refractivity contribution in [3.05, 3.63) is 70.4 Å². The summed E-state index contributed by atoms with van der Waals surface area (Å²) < 4.78 is 5.03. The molecule has 0 unspecified atom stereocenters. The lowest BCUT2D eigenvalue weighted by Gasteiger charge is -2.10. The summed E-state index contributed by atoms with van der Waals surface area (Å²) in [6, 6.07) is 12.4. The number of amidine groups is 1. The Labute approximate surface area is 191 Å².